The van der Waals surface area contributed by atoms with Crippen LogP contribution in [0.2, 0.25) is 5.02 Å². The fourth-order valence-electron chi connectivity index (χ4n) is 2.41. The van der Waals surface area contributed by atoms with Crippen LogP contribution in [-0.4, -0.2) is 19.1 Å². The highest BCUT2D eigenvalue weighted by molar-refractivity contribution is 6.31. The summed E-state index contributed by atoms with van der Waals surface area (Å²) < 4.78 is 5.16. The van der Waals surface area contributed by atoms with Crippen molar-refractivity contribution in [2.24, 2.45) is 0 Å². The molecule has 0 radical (unpaired) electrons. The lowest BCUT2D eigenvalue weighted by molar-refractivity contribution is -0.112. The first-order valence-corrected chi connectivity index (χ1v) is 7.53. The molecule has 1 fully saturated rings. The van der Waals surface area contributed by atoms with E-state index in [1.807, 2.05) is 6.07 Å². The van der Waals surface area contributed by atoms with Crippen molar-refractivity contribution in [3.63, 3.8) is 0 Å². The summed E-state index contributed by atoms with van der Waals surface area (Å²) in [6.45, 7) is 0. The van der Waals surface area contributed by atoms with E-state index in [0.29, 0.717) is 22.5 Å². The smallest absolute Gasteiger partial charge is 0.267 e. The molecule has 1 aromatic carbocycles. The molecule has 1 aliphatic rings. The molecule has 0 unspecified atom stereocenters. The number of anilines is 1. The number of ether oxygens (including phenoxy) is 1. The molecule has 1 saturated carbocycles. The Hall–Kier alpha value is -2.19. The number of methoxy groups -OCH3 is 1. The normalized spacial score (nSPS) is 15.2. The topological polar surface area (TPSA) is 74.1 Å². The summed E-state index contributed by atoms with van der Waals surface area (Å²) in [6.07, 6.45) is 5.98. The molecule has 0 aromatic heterocycles. The van der Waals surface area contributed by atoms with Gasteiger partial charge < -0.3 is 15.4 Å². The van der Waals surface area contributed by atoms with Crippen LogP contribution in [0.5, 0.6) is 5.75 Å². The molecule has 0 saturated heterocycles. The number of benzene rings is 1. The van der Waals surface area contributed by atoms with E-state index in [2.05, 4.69) is 10.6 Å². The zero-order chi connectivity index (χ0) is 15.9. The van der Waals surface area contributed by atoms with E-state index in [4.69, 9.17) is 21.6 Å². The fraction of sp³-hybridized carbons (Fsp3) is 0.375. The van der Waals surface area contributed by atoms with Gasteiger partial charge in [0.2, 0.25) is 0 Å². The van der Waals surface area contributed by atoms with Gasteiger partial charge in [-0.25, -0.2) is 0 Å². The van der Waals surface area contributed by atoms with Crippen LogP contribution in [0.15, 0.2) is 30.0 Å². The average Bonchev–Trinajstić information content (AvgIpc) is 3.01. The Balaban J connectivity index is 2.07. The minimum Gasteiger partial charge on any atom is -0.495 e. The number of nitrogens with one attached hydrogen (secondary N) is 2. The van der Waals surface area contributed by atoms with Gasteiger partial charge in [-0.15, -0.1) is 0 Å². The van der Waals surface area contributed by atoms with Gasteiger partial charge in [-0.3, -0.25) is 4.79 Å². The zero-order valence-electron chi connectivity index (χ0n) is 12.4. The zero-order valence-corrected chi connectivity index (χ0v) is 13.1. The van der Waals surface area contributed by atoms with Crippen molar-refractivity contribution >= 4 is 23.2 Å². The highest BCUT2D eigenvalue weighted by atomic mass is 35.5. The van der Waals surface area contributed by atoms with E-state index < -0.39 is 5.91 Å². The molecule has 2 N–H and O–H groups in total. The summed E-state index contributed by atoms with van der Waals surface area (Å²) in [7, 11) is 1.50. The summed E-state index contributed by atoms with van der Waals surface area (Å²) in [5.41, 5.74) is 0.455. The third-order valence-corrected chi connectivity index (χ3v) is 3.83. The average molecular weight is 320 g/mol. The molecule has 0 aliphatic heterocycles. The molecule has 0 heterocycles. The van der Waals surface area contributed by atoms with E-state index in [9.17, 15) is 4.79 Å². The third-order valence-electron chi connectivity index (χ3n) is 3.59. The van der Waals surface area contributed by atoms with Crippen LogP contribution < -0.4 is 15.4 Å². The predicted molar refractivity (Wildman–Crippen MR) is 85.7 cm³/mol. The quantitative estimate of drug-likeness (QED) is 0.645. The van der Waals surface area contributed by atoms with Crippen molar-refractivity contribution in [1.82, 2.24) is 5.32 Å². The maximum atomic E-state index is 12.2. The van der Waals surface area contributed by atoms with Crippen LogP contribution >= 0.6 is 11.6 Å². The Kier molecular flexibility index (Phi) is 5.68. The summed E-state index contributed by atoms with van der Waals surface area (Å²) in [5.74, 6) is -0.00708. The van der Waals surface area contributed by atoms with Gasteiger partial charge in [0.15, 0.2) is 0 Å². The molecule has 0 atom stereocenters. The molecule has 0 bridgehead atoms. The second kappa shape index (κ2) is 7.71. The summed E-state index contributed by atoms with van der Waals surface area (Å²) in [4.78, 5) is 12.2. The van der Waals surface area contributed by atoms with Gasteiger partial charge in [-0.05, 0) is 31.0 Å². The molecule has 0 spiro atoms. The molecule has 22 heavy (non-hydrogen) atoms. The van der Waals surface area contributed by atoms with Gasteiger partial charge in [0.25, 0.3) is 5.91 Å². The second-order valence-corrected chi connectivity index (χ2v) is 5.55. The van der Waals surface area contributed by atoms with Gasteiger partial charge in [-0.2, -0.15) is 5.26 Å². The molecule has 2 rings (SSSR count). The van der Waals surface area contributed by atoms with Gasteiger partial charge in [0, 0.05) is 17.3 Å². The van der Waals surface area contributed by atoms with Gasteiger partial charge in [-0.1, -0.05) is 24.4 Å². The number of carbonyl (C=O) groups is 1. The van der Waals surface area contributed by atoms with Crippen LogP contribution in [0.25, 0.3) is 0 Å². The number of amides is 1. The van der Waals surface area contributed by atoms with Crippen molar-refractivity contribution in [2.75, 3.05) is 12.4 Å². The standard InChI is InChI=1S/C16H18ClN3O2/c1-22-15-7-6-12(17)8-14(15)20-16(21)11(9-18)10-19-13-4-2-3-5-13/h6-8,10,13,19H,2-5H2,1H3,(H,20,21)/b11-10-. The van der Waals surface area contributed by atoms with E-state index >= 15 is 0 Å². The summed E-state index contributed by atoms with van der Waals surface area (Å²) >= 11 is 5.92. The lowest BCUT2D eigenvalue weighted by Crippen LogP contribution is -2.23. The first-order chi connectivity index (χ1) is 10.6. The van der Waals surface area contributed by atoms with Gasteiger partial charge in [0.05, 0.1) is 12.8 Å². The largest absolute Gasteiger partial charge is 0.495 e. The first kappa shape index (κ1) is 16.2. The van der Waals surface area contributed by atoms with Crippen molar-refractivity contribution in [3.8, 4) is 11.8 Å². The molecule has 116 valence electrons. The number of rotatable bonds is 5. The van der Waals surface area contributed by atoms with E-state index in [0.717, 1.165) is 12.8 Å². The Morgan fingerprint density at radius 3 is 2.82 bits per heavy atom. The predicted octanol–water partition coefficient (Wildman–Crippen LogP) is 3.23. The number of hydrogen-bond acceptors (Lipinski definition) is 4. The van der Waals surface area contributed by atoms with Crippen molar-refractivity contribution < 1.29 is 9.53 Å². The van der Waals surface area contributed by atoms with Crippen molar-refractivity contribution in [2.45, 2.75) is 31.7 Å². The second-order valence-electron chi connectivity index (χ2n) is 5.12. The first-order valence-electron chi connectivity index (χ1n) is 7.15. The SMILES string of the molecule is COc1ccc(Cl)cc1NC(=O)/C(C#N)=C\NC1CCCC1. The third kappa shape index (κ3) is 4.15. The lowest BCUT2D eigenvalue weighted by atomic mass is 10.2. The Labute approximate surface area is 134 Å². The Morgan fingerprint density at radius 1 is 1.45 bits per heavy atom. The van der Waals surface area contributed by atoms with Crippen LogP contribution in [-0.2, 0) is 4.79 Å². The molecule has 5 nitrogen and oxygen atoms in total. The molecular weight excluding hydrogens is 302 g/mol. The van der Waals surface area contributed by atoms with Gasteiger partial charge >= 0.3 is 0 Å². The minimum atomic E-state index is -0.492. The number of carbonyl (C=O) groups excluding carboxylic acids is 1. The molecule has 1 aliphatic carbocycles. The Morgan fingerprint density at radius 2 is 2.18 bits per heavy atom. The molecule has 1 aromatic rings. The highest BCUT2D eigenvalue weighted by Crippen LogP contribution is 2.28. The molecule has 1 amide bonds. The highest BCUT2D eigenvalue weighted by Gasteiger charge is 2.16. The van der Waals surface area contributed by atoms with E-state index in [-0.39, 0.29) is 5.57 Å². The lowest BCUT2D eigenvalue weighted by Gasteiger charge is -2.11. The van der Waals surface area contributed by atoms with E-state index in [1.54, 1.807) is 18.2 Å². The van der Waals surface area contributed by atoms with Gasteiger partial charge in [0.1, 0.15) is 17.4 Å². The van der Waals surface area contributed by atoms with E-state index in [1.165, 1.54) is 26.2 Å². The number of nitriles is 1. The molecular formula is C16H18ClN3O2. The van der Waals surface area contributed by atoms with Crippen LogP contribution in [0.3, 0.4) is 0 Å². The summed E-state index contributed by atoms with van der Waals surface area (Å²) in [6, 6.07) is 7.16. The maximum absolute atomic E-state index is 12.2. The minimum absolute atomic E-state index is 0.0222. The Bertz CT molecular complexity index is 616. The van der Waals surface area contributed by atoms with Crippen molar-refractivity contribution in [3.05, 3.63) is 35.0 Å². The summed E-state index contributed by atoms with van der Waals surface area (Å²) in [5, 5.41) is 15.4. The van der Waals surface area contributed by atoms with Crippen LogP contribution in [0.1, 0.15) is 25.7 Å². The number of halogens is 1. The monoisotopic (exact) mass is 319 g/mol. The van der Waals surface area contributed by atoms with Crippen LogP contribution in [0, 0.1) is 11.3 Å². The molecule has 6 heteroatoms. The maximum Gasteiger partial charge on any atom is 0.267 e. The number of nitrogens with zero attached hydrogens (tertiary/aromatic N) is 1. The number of hydrogen-bond donors (Lipinski definition) is 2. The fourth-order valence-corrected chi connectivity index (χ4v) is 2.58. The van der Waals surface area contributed by atoms with Crippen molar-refractivity contribution in [1.29, 1.82) is 5.26 Å². The van der Waals surface area contributed by atoms with Crippen LogP contribution in [0.4, 0.5) is 5.69 Å².